The maximum Gasteiger partial charge on any atom is 0.416 e. The molecule has 0 spiro atoms. The summed E-state index contributed by atoms with van der Waals surface area (Å²) in [5.41, 5.74) is 0.947. The average Bonchev–Trinajstić information content (AvgIpc) is 3.47. The molecular formula is C21H25F3N4O2. The van der Waals surface area contributed by atoms with Crippen LogP contribution < -0.4 is 10.6 Å². The summed E-state index contributed by atoms with van der Waals surface area (Å²) in [6.45, 7) is 3.71. The summed E-state index contributed by atoms with van der Waals surface area (Å²) in [5.74, 6) is -0.239. The fraction of sp³-hybridized carbons (Fsp3) is 0.476. The third-order valence-corrected chi connectivity index (χ3v) is 4.96. The molecule has 0 atom stereocenters. The fourth-order valence-corrected chi connectivity index (χ4v) is 3.24. The highest BCUT2D eigenvalue weighted by molar-refractivity contribution is 5.81. The number of nitrogens with zero attached hydrogens (tertiary/aromatic N) is 2. The summed E-state index contributed by atoms with van der Waals surface area (Å²) in [7, 11) is 0. The monoisotopic (exact) mass is 422 g/mol. The molecule has 1 aliphatic rings. The summed E-state index contributed by atoms with van der Waals surface area (Å²) in [5, 5.41) is 9.52. The molecule has 162 valence electrons. The Hall–Kier alpha value is -2.84. The topological polar surface area (TPSA) is 76.0 Å². The molecule has 2 N–H and O–H groups in total. The highest BCUT2D eigenvalue weighted by Gasteiger charge is 2.34. The number of alkyl halides is 3. The maximum absolute atomic E-state index is 13.6. The van der Waals surface area contributed by atoms with Crippen LogP contribution in [0.25, 0.3) is 5.69 Å². The standard InChI is InChI=1S/C21H25F3N4O2/c1-13-10-14(2)28(27-13)17-8-7-16(18(11-17)21(22,23)24)12-26-19(29)4-3-9-25-20(30)15-5-6-15/h7-8,10-11,15H,3-6,9,12H2,1-2H3,(H,25,30)(H,26,29). The first-order valence-electron chi connectivity index (χ1n) is 9.93. The van der Waals surface area contributed by atoms with Crippen molar-refractivity contribution in [3.63, 3.8) is 0 Å². The number of aryl methyl sites for hydroxylation is 2. The van der Waals surface area contributed by atoms with E-state index in [2.05, 4.69) is 15.7 Å². The molecule has 2 amide bonds. The van der Waals surface area contributed by atoms with E-state index in [0.29, 0.717) is 24.3 Å². The number of carbonyl (C=O) groups excluding carboxylic acids is 2. The molecule has 1 heterocycles. The van der Waals surface area contributed by atoms with Crippen LogP contribution in [0.3, 0.4) is 0 Å². The van der Waals surface area contributed by atoms with Crippen molar-refractivity contribution in [2.75, 3.05) is 6.54 Å². The molecule has 1 aromatic heterocycles. The van der Waals surface area contributed by atoms with E-state index in [4.69, 9.17) is 0 Å². The molecule has 0 bridgehead atoms. The van der Waals surface area contributed by atoms with E-state index >= 15 is 0 Å². The number of aromatic nitrogens is 2. The Morgan fingerprint density at radius 1 is 1.17 bits per heavy atom. The number of halogens is 3. The second-order valence-corrected chi connectivity index (χ2v) is 7.62. The van der Waals surface area contributed by atoms with Crippen molar-refractivity contribution in [2.24, 2.45) is 5.92 Å². The summed E-state index contributed by atoms with van der Waals surface area (Å²) >= 11 is 0. The van der Waals surface area contributed by atoms with Gasteiger partial charge >= 0.3 is 6.18 Å². The average molecular weight is 422 g/mol. The Morgan fingerprint density at radius 2 is 1.90 bits per heavy atom. The van der Waals surface area contributed by atoms with Crippen LogP contribution in [0, 0.1) is 19.8 Å². The Bertz CT molecular complexity index is 933. The molecule has 2 aromatic rings. The van der Waals surface area contributed by atoms with Crippen molar-refractivity contribution < 1.29 is 22.8 Å². The van der Waals surface area contributed by atoms with E-state index in [1.165, 1.54) is 10.7 Å². The third kappa shape index (κ3) is 5.61. The molecule has 30 heavy (non-hydrogen) atoms. The summed E-state index contributed by atoms with van der Waals surface area (Å²) in [4.78, 5) is 23.5. The number of carbonyl (C=O) groups is 2. The van der Waals surface area contributed by atoms with Crippen LogP contribution in [0.4, 0.5) is 13.2 Å². The molecule has 1 fully saturated rings. The first-order valence-corrected chi connectivity index (χ1v) is 9.93. The van der Waals surface area contributed by atoms with E-state index in [9.17, 15) is 22.8 Å². The highest BCUT2D eigenvalue weighted by Crippen LogP contribution is 2.33. The highest BCUT2D eigenvalue weighted by atomic mass is 19.4. The minimum absolute atomic E-state index is 0.00734. The van der Waals surface area contributed by atoms with Crippen LogP contribution in [0.1, 0.15) is 48.2 Å². The van der Waals surface area contributed by atoms with Gasteiger partial charge in [-0.05, 0) is 56.9 Å². The van der Waals surface area contributed by atoms with E-state index < -0.39 is 11.7 Å². The van der Waals surface area contributed by atoms with Gasteiger partial charge in [-0.3, -0.25) is 9.59 Å². The molecule has 1 saturated carbocycles. The van der Waals surface area contributed by atoms with Gasteiger partial charge in [0.25, 0.3) is 0 Å². The lowest BCUT2D eigenvalue weighted by atomic mass is 10.1. The number of nitrogens with one attached hydrogen (secondary N) is 2. The molecular weight excluding hydrogens is 397 g/mol. The van der Waals surface area contributed by atoms with Crippen molar-refractivity contribution in [2.45, 2.75) is 52.3 Å². The molecule has 1 aliphatic carbocycles. The van der Waals surface area contributed by atoms with Gasteiger partial charge in [-0.15, -0.1) is 0 Å². The maximum atomic E-state index is 13.6. The van der Waals surface area contributed by atoms with Crippen molar-refractivity contribution in [3.8, 4) is 5.69 Å². The number of rotatable bonds is 8. The van der Waals surface area contributed by atoms with Gasteiger partial charge in [-0.2, -0.15) is 18.3 Å². The molecule has 0 aliphatic heterocycles. The van der Waals surface area contributed by atoms with Gasteiger partial charge < -0.3 is 10.6 Å². The minimum Gasteiger partial charge on any atom is -0.356 e. The molecule has 0 radical (unpaired) electrons. The van der Waals surface area contributed by atoms with E-state index in [0.717, 1.165) is 24.6 Å². The van der Waals surface area contributed by atoms with Crippen LogP contribution in [-0.2, 0) is 22.3 Å². The second-order valence-electron chi connectivity index (χ2n) is 7.62. The van der Waals surface area contributed by atoms with E-state index in [-0.39, 0.29) is 36.3 Å². The third-order valence-electron chi connectivity index (χ3n) is 4.96. The normalized spacial score (nSPS) is 13.9. The quantitative estimate of drug-likeness (QED) is 0.640. The Morgan fingerprint density at radius 3 is 2.50 bits per heavy atom. The number of hydrogen-bond donors (Lipinski definition) is 2. The van der Waals surface area contributed by atoms with Crippen LogP contribution in [0.15, 0.2) is 24.3 Å². The van der Waals surface area contributed by atoms with Crippen LogP contribution in [-0.4, -0.2) is 28.1 Å². The lowest BCUT2D eigenvalue weighted by Crippen LogP contribution is -2.28. The van der Waals surface area contributed by atoms with Crippen molar-refractivity contribution in [1.82, 2.24) is 20.4 Å². The molecule has 6 nitrogen and oxygen atoms in total. The predicted molar refractivity (Wildman–Crippen MR) is 105 cm³/mol. The van der Waals surface area contributed by atoms with Gasteiger partial charge in [0, 0.05) is 31.1 Å². The zero-order valence-corrected chi connectivity index (χ0v) is 17.0. The first-order chi connectivity index (χ1) is 14.1. The lowest BCUT2D eigenvalue weighted by molar-refractivity contribution is -0.138. The second kappa shape index (κ2) is 8.89. The summed E-state index contributed by atoms with van der Waals surface area (Å²) < 4.78 is 42.2. The van der Waals surface area contributed by atoms with Crippen molar-refractivity contribution in [1.29, 1.82) is 0 Å². The van der Waals surface area contributed by atoms with Gasteiger partial charge in [-0.25, -0.2) is 4.68 Å². The smallest absolute Gasteiger partial charge is 0.356 e. The Kier molecular flexibility index (Phi) is 6.48. The van der Waals surface area contributed by atoms with E-state index in [1.807, 2.05) is 0 Å². The molecule has 3 rings (SSSR count). The summed E-state index contributed by atoms with van der Waals surface area (Å²) in [6, 6.07) is 5.76. The summed E-state index contributed by atoms with van der Waals surface area (Å²) in [6.07, 6.45) is -2.17. The SMILES string of the molecule is Cc1cc(C)n(-c2ccc(CNC(=O)CCCNC(=O)C3CC3)c(C(F)(F)F)c2)n1. The molecule has 1 aromatic carbocycles. The number of benzene rings is 1. The Labute approximate surface area is 172 Å². The van der Waals surface area contributed by atoms with Crippen LogP contribution in [0.5, 0.6) is 0 Å². The van der Waals surface area contributed by atoms with Gasteiger partial charge in [0.05, 0.1) is 16.9 Å². The fourth-order valence-electron chi connectivity index (χ4n) is 3.24. The first kappa shape index (κ1) is 21.9. The largest absolute Gasteiger partial charge is 0.416 e. The molecule has 0 unspecified atom stereocenters. The minimum atomic E-state index is -4.56. The van der Waals surface area contributed by atoms with Crippen LogP contribution in [0.2, 0.25) is 0 Å². The molecule has 9 heteroatoms. The zero-order chi connectivity index (χ0) is 21.9. The number of amides is 2. The van der Waals surface area contributed by atoms with Gasteiger partial charge in [-0.1, -0.05) is 6.07 Å². The van der Waals surface area contributed by atoms with Gasteiger partial charge in [0.2, 0.25) is 11.8 Å². The van der Waals surface area contributed by atoms with Gasteiger partial charge in [0.15, 0.2) is 0 Å². The lowest BCUT2D eigenvalue weighted by Gasteiger charge is -2.16. The zero-order valence-electron chi connectivity index (χ0n) is 17.0. The van der Waals surface area contributed by atoms with Gasteiger partial charge in [0.1, 0.15) is 0 Å². The van der Waals surface area contributed by atoms with Crippen LogP contribution >= 0.6 is 0 Å². The number of hydrogen-bond acceptors (Lipinski definition) is 3. The van der Waals surface area contributed by atoms with E-state index in [1.54, 1.807) is 26.0 Å². The molecule has 0 saturated heterocycles. The van der Waals surface area contributed by atoms with Crippen molar-refractivity contribution in [3.05, 3.63) is 46.8 Å². The predicted octanol–water partition coefficient (Wildman–Crippen LogP) is 3.43. The Balaban J connectivity index is 1.59. The van der Waals surface area contributed by atoms with Crippen molar-refractivity contribution >= 4 is 11.8 Å².